The normalized spacial score (nSPS) is 10.5. The van der Waals surface area contributed by atoms with E-state index in [9.17, 15) is 4.79 Å². The highest BCUT2D eigenvalue weighted by Gasteiger charge is 1.98. The Labute approximate surface area is 81.3 Å². The summed E-state index contributed by atoms with van der Waals surface area (Å²) in [5, 5.41) is 5.93. The van der Waals surface area contributed by atoms with Crippen molar-refractivity contribution in [3.05, 3.63) is 0 Å². The van der Waals surface area contributed by atoms with Gasteiger partial charge in [-0.3, -0.25) is 4.79 Å². The molecule has 0 atom stereocenters. The Balaban J connectivity index is 3.17. The van der Waals surface area contributed by atoms with Gasteiger partial charge in [-0.15, -0.1) is 0 Å². The largest absolute Gasteiger partial charge is 0.355 e. The van der Waals surface area contributed by atoms with Gasteiger partial charge in [0.25, 0.3) is 0 Å². The van der Waals surface area contributed by atoms with Crippen molar-refractivity contribution in [3.63, 3.8) is 0 Å². The third kappa shape index (κ3) is 9.34. The fraction of sp³-hybridized carbons (Fsp3) is 0.900. The number of amides is 1. The lowest BCUT2D eigenvalue weighted by atomic mass is 10.1. The SMILES string of the molecule is CCCNC(=O)CNCCC(C)C. The van der Waals surface area contributed by atoms with E-state index >= 15 is 0 Å². The van der Waals surface area contributed by atoms with Crippen molar-refractivity contribution >= 4 is 5.91 Å². The molecule has 0 spiro atoms. The summed E-state index contributed by atoms with van der Waals surface area (Å²) in [6, 6.07) is 0. The topological polar surface area (TPSA) is 41.1 Å². The molecule has 13 heavy (non-hydrogen) atoms. The molecule has 0 aliphatic heterocycles. The van der Waals surface area contributed by atoms with E-state index in [0.717, 1.165) is 25.9 Å². The smallest absolute Gasteiger partial charge is 0.233 e. The van der Waals surface area contributed by atoms with Gasteiger partial charge >= 0.3 is 0 Å². The van der Waals surface area contributed by atoms with Crippen molar-refractivity contribution in [2.24, 2.45) is 5.92 Å². The van der Waals surface area contributed by atoms with Crippen molar-refractivity contribution < 1.29 is 4.79 Å². The molecule has 78 valence electrons. The van der Waals surface area contributed by atoms with E-state index < -0.39 is 0 Å². The third-order valence-electron chi connectivity index (χ3n) is 1.76. The summed E-state index contributed by atoms with van der Waals surface area (Å²) in [7, 11) is 0. The van der Waals surface area contributed by atoms with Crippen LogP contribution in [0.15, 0.2) is 0 Å². The molecule has 0 radical (unpaired) electrons. The molecular weight excluding hydrogens is 164 g/mol. The Hall–Kier alpha value is -0.570. The quantitative estimate of drug-likeness (QED) is 0.586. The minimum Gasteiger partial charge on any atom is -0.355 e. The summed E-state index contributed by atoms with van der Waals surface area (Å²) in [4.78, 5) is 11.1. The lowest BCUT2D eigenvalue weighted by molar-refractivity contribution is -0.120. The Bertz CT molecular complexity index is 135. The Morgan fingerprint density at radius 3 is 2.54 bits per heavy atom. The number of carbonyl (C=O) groups is 1. The van der Waals surface area contributed by atoms with E-state index in [1.807, 2.05) is 6.92 Å². The molecule has 0 aromatic heterocycles. The van der Waals surface area contributed by atoms with Crippen LogP contribution in [0, 0.1) is 5.92 Å². The van der Waals surface area contributed by atoms with Gasteiger partial charge in [-0.2, -0.15) is 0 Å². The molecule has 0 bridgehead atoms. The van der Waals surface area contributed by atoms with Gasteiger partial charge < -0.3 is 10.6 Å². The summed E-state index contributed by atoms with van der Waals surface area (Å²) in [6.07, 6.45) is 2.12. The van der Waals surface area contributed by atoms with Crippen molar-refractivity contribution in [2.75, 3.05) is 19.6 Å². The standard InChI is InChI=1S/C10H22N2O/c1-4-6-12-10(13)8-11-7-5-9(2)3/h9,11H,4-8H2,1-3H3,(H,12,13). The van der Waals surface area contributed by atoms with E-state index in [-0.39, 0.29) is 5.91 Å². The van der Waals surface area contributed by atoms with Crippen molar-refractivity contribution in [2.45, 2.75) is 33.6 Å². The molecule has 0 rings (SSSR count). The van der Waals surface area contributed by atoms with Crippen LogP contribution in [-0.2, 0) is 4.79 Å². The second-order valence-corrected chi connectivity index (χ2v) is 3.71. The first-order valence-electron chi connectivity index (χ1n) is 5.14. The number of nitrogens with one attached hydrogen (secondary N) is 2. The van der Waals surface area contributed by atoms with Crippen LogP contribution in [0.3, 0.4) is 0 Å². The van der Waals surface area contributed by atoms with E-state index in [4.69, 9.17) is 0 Å². The van der Waals surface area contributed by atoms with Gasteiger partial charge in [0.05, 0.1) is 6.54 Å². The van der Waals surface area contributed by atoms with Crippen LogP contribution in [0.25, 0.3) is 0 Å². The first-order chi connectivity index (χ1) is 6.16. The number of hydrogen-bond acceptors (Lipinski definition) is 2. The molecule has 0 aliphatic rings. The average Bonchev–Trinajstić information content (AvgIpc) is 2.08. The molecule has 2 N–H and O–H groups in total. The molecule has 0 heterocycles. The molecule has 0 saturated carbocycles. The summed E-state index contributed by atoms with van der Waals surface area (Å²) < 4.78 is 0. The van der Waals surface area contributed by atoms with Crippen LogP contribution in [0.2, 0.25) is 0 Å². The second kappa shape index (κ2) is 8.05. The highest BCUT2D eigenvalue weighted by molar-refractivity contribution is 5.77. The zero-order chi connectivity index (χ0) is 10.1. The van der Waals surface area contributed by atoms with Gasteiger partial charge in [0, 0.05) is 6.54 Å². The number of hydrogen-bond donors (Lipinski definition) is 2. The zero-order valence-electron chi connectivity index (χ0n) is 9.02. The lowest BCUT2D eigenvalue weighted by Crippen LogP contribution is -2.34. The summed E-state index contributed by atoms with van der Waals surface area (Å²) >= 11 is 0. The highest BCUT2D eigenvalue weighted by Crippen LogP contribution is 1.95. The van der Waals surface area contributed by atoms with E-state index in [1.54, 1.807) is 0 Å². The maximum absolute atomic E-state index is 11.1. The van der Waals surface area contributed by atoms with Crippen LogP contribution in [0.1, 0.15) is 33.6 Å². The number of carbonyl (C=O) groups excluding carboxylic acids is 1. The van der Waals surface area contributed by atoms with Gasteiger partial charge in [0.15, 0.2) is 0 Å². The van der Waals surface area contributed by atoms with Crippen molar-refractivity contribution in [3.8, 4) is 0 Å². The molecule has 0 saturated heterocycles. The molecule has 0 aromatic carbocycles. The molecule has 0 unspecified atom stereocenters. The second-order valence-electron chi connectivity index (χ2n) is 3.71. The molecule has 3 heteroatoms. The van der Waals surface area contributed by atoms with Crippen LogP contribution in [-0.4, -0.2) is 25.5 Å². The maximum Gasteiger partial charge on any atom is 0.233 e. The Kier molecular flexibility index (Phi) is 7.69. The fourth-order valence-electron chi connectivity index (χ4n) is 0.920. The first-order valence-corrected chi connectivity index (χ1v) is 5.14. The van der Waals surface area contributed by atoms with Crippen molar-refractivity contribution in [1.82, 2.24) is 10.6 Å². The average molecular weight is 186 g/mol. The minimum absolute atomic E-state index is 0.102. The summed E-state index contributed by atoms with van der Waals surface area (Å²) in [5.41, 5.74) is 0. The van der Waals surface area contributed by atoms with Crippen LogP contribution < -0.4 is 10.6 Å². The molecule has 3 nitrogen and oxygen atoms in total. The minimum atomic E-state index is 0.102. The van der Waals surface area contributed by atoms with Crippen molar-refractivity contribution in [1.29, 1.82) is 0 Å². The molecule has 0 aliphatic carbocycles. The summed E-state index contributed by atoms with van der Waals surface area (Å²) in [6.45, 7) is 8.57. The zero-order valence-corrected chi connectivity index (χ0v) is 9.02. The fourth-order valence-corrected chi connectivity index (χ4v) is 0.920. The third-order valence-corrected chi connectivity index (χ3v) is 1.76. The Morgan fingerprint density at radius 1 is 1.31 bits per heavy atom. The first kappa shape index (κ1) is 12.4. The summed E-state index contributed by atoms with van der Waals surface area (Å²) in [5.74, 6) is 0.803. The van der Waals surface area contributed by atoms with E-state index in [0.29, 0.717) is 12.5 Å². The van der Waals surface area contributed by atoms with Gasteiger partial charge in [0.1, 0.15) is 0 Å². The van der Waals surface area contributed by atoms with Gasteiger partial charge in [-0.1, -0.05) is 20.8 Å². The maximum atomic E-state index is 11.1. The highest BCUT2D eigenvalue weighted by atomic mass is 16.1. The van der Waals surface area contributed by atoms with Crippen LogP contribution in [0.5, 0.6) is 0 Å². The Morgan fingerprint density at radius 2 is 2.00 bits per heavy atom. The van der Waals surface area contributed by atoms with Gasteiger partial charge in [0.2, 0.25) is 5.91 Å². The monoisotopic (exact) mass is 186 g/mol. The predicted octanol–water partition coefficient (Wildman–Crippen LogP) is 1.15. The predicted molar refractivity (Wildman–Crippen MR) is 55.6 cm³/mol. The lowest BCUT2D eigenvalue weighted by Gasteiger charge is -2.06. The molecule has 1 amide bonds. The molecule has 0 aromatic rings. The molecular formula is C10H22N2O. The van der Waals surface area contributed by atoms with E-state index in [1.165, 1.54) is 0 Å². The van der Waals surface area contributed by atoms with Crippen LogP contribution in [0.4, 0.5) is 0 Å². The van der Waals surface area contributed by atoms with Crippen LogP contribution >= 0.6 is 0 Å². The van der Waals surface area contributed by atoms with E-state index in [2.05, 4.69) is 24.5 Å². The van der Waals surface area contributed by atoms with Gasteiger partial charge in [-0.25, -0.2) is 0 Å². The molecule has 0 fully saturated rings. The number of rotatable bonds is 7. The van der Waals surface area contributed by atoms with Gasteiger partial charge in [-0.05, 0) is 25.3 Å².